The predicted molar refractivity (Wildman–Crippen MR) is 116 cm³/mol. The van der Waals surface area contributed by atoms with Gasteiger partial charge >= 0.3 is 5.97 Å². The average molecular weight is 432 g/mol. The second-order valence-corrected chi connectivity index (χ2v) is 8.30. The van der Waals surface area contributed by atoms with Crippen molar-refractivity contribution in [3.05, 3.63) is 94.5 Å². The topological polar surface area (TPSA) is 63.7 Å². The molecule has 154 valence electrons. The predicted octanol–water partition coefficient (Wildman–Crippen LogP) is 4.43. The van der Waals surface area contributed by atoms with E-state index in [9.17, 15) is 14.4 Å². The van der Waals surface area contributed by atoms with E-state index in [0.717, 1.165) is 5.56 Å². The standard InChI is InChI=1S/C25H18ClNO4/c1-15-7-10-18(11-8-15)27-22(28)14-20(23(27)29)25(16-5-3-2-4-6-16)19-13-17(26)9-12-21(19)31-24(25)30/h2-13,20H,14H2,1H3/t20-,25+/m1/s1. The summed E-state index contributed by atoms with van der Waals surface area (Å²) >= 11 is 6.27. The van der Waals surface area contributed by atoms with Gasteiger partial charge in [-0.15, -0.1) is 0 Å². The Morgan fingerprint density at radius 2 is 1.68 bits per heavy atom. The summed E-state index contributed by atoms with van der Waals surface area (Å²) in [6, 6.07) is 21.1. The van der Waals surface area contributed by atoms with Crippen molar-refractivity contribution in [3.8, 4) is 5.75 Å². The number of rotatable bonds is 3. The molecular formula is C25H18ClNO4. The van der Waals surface area contributed by atoms with Crippen molar-refractivity contribution in [2.75, 3.05) is 4.90 Å². The largest absolute Gasteiger partial charge is 0.425 e. The lowest BCUT2D eigenvalue weighted by molar-refractivity contribution is -0.141. The number of nitrogens with zero attached hydrogens (tertiary/aromatic N) is 1. The van der Waals surface area contributed by atoms with Crippen LogP contribution in [0.2, 0.25) is 5.02 Å². The van der Waals surface area contributed by atoms with Crippen molar-refractivity contribution >= 4 is 35.1 Å². The highest BCUT2D eigenvalue weighted by Gasteiger charge is 2.62. The molecule has 0 radical (unpaired) electrons. The van der Waals surface area contributed by atoms with E-state index in [2.05, 4.69) is 0 Å². The van der Waals surface area contributed by atoms with Crippen LogP contribution in [0.25, 0.3) is 0 Å². The normalized spacial score (nSPS) is 22.6. The second kappa shape index (κ2) is 7.06. The average Bonchev–Trinajstić information content (AvgIpc) is 3.22. The molecular weight excluding hydrogens is 414 g/mol. The van der Waals surface area contributed by atoms with Gasteiger partial charge in [0.05, 0.1) is 11.6 Å². The maximum Gasteiger partial charge on any atom is 0.327 e. The van der Waals surface area contributed by atoms with Gasteiger partial charge in [0.2, 0.25) is 11.8 Å². The molecule has 5 rings (SSSR count). The first-order valence-corrected chi connectivity index (χ1v) is 10.3. The Morgan fingerprint density at radius 3 is 2.39 bits per heavy atom. The molecule has 3 aromatic rings. The third kappa shape index (κ3) is 2.81. The molecule has 6 heteroatoms. The van der Waals surface area contributed by atoms with Crippen LogP contribution in [0.4, 0.5) is 5.69 Å². The fourth-order valence-electron chi connectivity index (χ4n) is 4.63. The number of halogens is 1. The van der Waals surface area contributed by atoms with E-state index in [1.54, 1.807) is 54.6 Å². The second-order valence-electron chi connectivity index (χ2n) is 7.86. The van der Waals surface area contributed by atoms with Gasteiger partial charge in [-0.2, -0.15) is 0 Å². The fraction of sp³-hybridized carbons (Fsp3) is 0.160. The molecule has 2 aliphatic heterocycles. The van der Waals surface area contributed by atoms with Crippen LogP contribution < -0.4 is 9.64 Å². The van der Waals surface area contributed by atoms with Crippen LogP contribution in [0.1, 0.15) is 23.1 Å². The third-order valence-corrected chi connectivity index (χ3v) is 6.32. The van der Waals surface area contributed by atoms with Crippen LogP contribution in [0.5, 0.6) is 5.75 Å². The molecule has 31 heavy (non-hydrogen) atoms. The van der Waals surface area contributed by atoms with Gasteiger partial charge in [0.25, 0.3) is 0 Å². The van der Waals surface area contributed by atoms with Gasteiger partial charge in [-0.1, -0.05) is 59.6 Å². The Balaban J connectivity index is 1.71. The van der Waals surface area contributed by atoms with Crippen molar-refractivity contribution in [1.29, 1.82) is 0 Å². The van der Waals surface area contributed by atoms with Crippen LogP contribution >= 0.6 is 11.6 Å². The quantitative estimate of drug-likeness (QED) is 0.349. The van der Waals surface area contributed by atoms with Crippen LogP contribution in [0.3, 0.4) is 0 Å². The number of aryl methyl sites for hydroxylation is 1. The van der Waals surface area contributed by atoms with Crippen molar-refractivity contribution in [2.45, 2.75) is 18.8 Å². The van der Waals surface area contributed by atoms with E-state index >= 15 is 0 Å². The summed E-state index contributed by atoms with van der Waals surface area (Å²) in [6.07, 6.45) is -0.108. The summed E-state index contributed by atoms with van der Waals surface area (Å²) in [6.45, 7) is 1.93. The molecule has 5 nitrogen and oxygen atoms in total. The Hall–Kier alpha value is -3.44. The van der Waals surface area contributed by atoms with Crippen LogP contribution in [0, 0.1) is 12.8 Å². The zero-order valence-electron chi connectivity index (χ0n) is 16.7. The van der Waals surface area contributed by atoms with Gasteiger partial charge in [0.15, 0.2) is 0 Å². The Labute approximate surface area is 184 Å². The van der Waals surface area contributed by atoms with Gasteiger partial charge in [-0.3, -0.25) is 19.3 Å². The first-order chi connectivity index (χ1) is 14.9. The number of imide groups is 1. The number of benzene rings is 3. The molecule has 1 fully saturated rings. The highest BCUT2D eigenvalue weighted by molar-refractivity contribution is 6.31. The number of anilines is 1. The molecule has 0 bridgehead atoms. The Bertz CT molecular complexity index is 1220. The van der Waals surface area contributed by atoms with Crippen LogP contribution in [-0.4, -0.2) is 17.8 Å². The molecule has 0 aliphatic carbocycles. The third-order valence-electron chi connectivity index (χ3n) is 6.08. The number of carbonyl (C=O) groups excluding carboxylic acids is 3. The fourth-order valence-corrected chi connectivity index (χ4v) is 4.80. The minimum atomic E-state index is -1.45. The van der Waals surface area contributed by atoms with Crippen molar-refractivity contribution in [1.82, 2.24) is 0 Å². The monoisotopic (exact) mass is 431 g/mol. The van der Waals surface area contributed by atoms with Crippen molar-refractivity contribution < 1.29 is 19.1 Å². The molecule has 0 aromatic heterocycles. The molecule has 0 unspecified atom stereocenters. The number of esters is 1. The molecule has 2 heterocycles. The van der Waals surface area contributed by atoms with E-state index in [4.69, 9.17) is 16.3 Å². The van der Waals surface area contributed by atoms with Crippen molar-refractivity contribution in [2.24, 2.45) is 5.92 Å². The number of carbonyl (C=O) groups is 3. The Morgan fingerprint density at radius 1 is 0.968 bits per heavy atom. The molecule has 2 aliphatic rings. The Kier molecular flexibility index (Phi) is 4.45. The molecule has 2 amide bonds. The number of fused-ring (bicyclic) bond motifs is 1. The highest BCUT2D eigenvalue weighted by atomic mass is 35.5. The first-order valence-electron chi connectivity index (χ1n) is 9.94. The lowest BCUT2D eigenvalue weighted by atomic mass is 9.66. The first kappa shape index (κ1) is 19.5. The molecule has 0 spiro atoms. The number of hydrogen-bond acceptors (Lipinski definition) is 4. The highest BCUT2D eigenvalue weighted by Crippen LogP contribution is 2.53. The summed E-state index contributed by atoms with van der Waals surface area (Å²) in [5, 5.41) is 0.421. The van der Waals surface area contributed by atoms with Gasteiger partial charge in [0.1, 0.15) is 11.2 Å². The maximum absolute atomic E-state index is 13.7. The van der Waals surface area contributed by atoms with Gasteiger partial charge < -0.3 is 4.74 Å². The summed E-state index contributed by atoms with van der Waals surface area (Å²) < 4.78 is 5.61. The lowest BCUT2D eigenvalue weighted by Gasteiger charge is -2.31. The van der Waals surface area contributed by atoms with E-state index in [0.29, 0.717) is 27.6 Å². The maximum atomic E-state index is 13.7. The molecule has 0 N–H and O–H groups in total. The lowest BCUT2D eigenvalue weighted by Crippen LogP contribution is -2.46. The minimum Gasteiger partial charge on any atom is -0.425 e. The molecule has 1 saturated heterocycles. The van der Waals surface area contributed by atoms with E-state index < -0.39 is 23.2 Å². The van der Waals surface area contributed by atoms with Gasteiger partial charge in [0, 0.05) is 17.0 Å². The van der Waals surface area contributed by atoms with Gasteiger partial charge in [-0.25, -0.2) is 0 Å². The number of hydrogen-bond donors (Lipinski definition) is 0. The van der Waals surface area contributed by atoms with E-state index in [1.165, 1.54) is 4.90 Å². The van der Waals surface area contributed by atoms with Crippen LogP contribution in [0.15, 0.2) is 72.8 Å². The SMILES string of the molecule is Cc1ccc(N2C(=O)C[C@@H]([C@@]3(c4ccccc4)C(=O)Oc4ccc(Cl)cc43)C2=O)cc1. The summed E-state index contributed by atoms with van der Waals surface area (Å²) in [5.74, 6) is -1.95. The molecule has 0 saturated carbocycles. The van der Waals surface area contributed by atoms with E-state index in [1.807, 2.05) is 25.1 Å². The van der Waals surface area contributed by atoms with Crippen LogP contribution in [-0.2, 0) is 19.8 Å². The van der Waals surface area contributed by atoms with Gasteiger partial charge in [-0.05, 0) is 42.8 Å². The zero-order valence-corrected chi connectivity index (χ0v) is 17.4. The van der Waals surface area contributed by atoms with Crippen molar-refractivity contribution in [3.63, 3.8) is 0 Å². The van der Waals surface area contributed by atoms with E-state index in [-0.39, 0.29) is 12.3 Å². The molecule has 2 atom stereocenters. The minimum absolute atomic E-state index is 0.108. The number of amides is 2. The molecule has 3 aromatic carbocycles. The summed E-state index contributed by atoms with van der Waals surface area (Å²) in [5.41, 5.74) is 1.16. The summed E-state index contributed by atoms with van der Waals surface area (Å²) in [4.78, 5) is 41.3. The zero-order chi connectivity index (χ0) is 21.8. The summed E-state index contributed by atoms with van der Waals surface area (Å²) in [7, 11) is 0. The number of ether oxygens (including phenoxy) is 1. The smallest absolute Gasteiger partial charge is 0.327 e.